The van der Waals surface area contributed by atoms with E-state index in [2.05, 4.69) is 20.3 Å². The molecule has 0 aliphatic carbocycles. The van der Waals surface area contributed by atoms with E-state index < -0.39 is 15.9 Å². The molecule has 2 aromatic heterocycles. The SMILES string of the molecule is O=C(Nc1ccccc1C(=O)NCc1cccnc1)c1ccc(NS(=O)(=O)c2cccs2)cc1. The minimum absolute atomic E-state index is 0.202. The molecule has 3 N–H and O–H groups in total. The molecule has 4 rings (SSSR count). The Morgan fingerprint density at radius 3 is 2.38 bits per heavy atom. The molecule has 8 nitrogen and oxygen atoms in total. The van der Waals surface area contributed by atoms with Crippen molar-refractivity contribution in [2.75, 3.05) is 10.0 Å². The van der Waals surface area contributed by atoms with Gasteiger partial charge in [-0.1, -0.05) is 24.3 Å². The minimum Gasteiger partial charge on any atom is -0.348 e. The van der Waals surface area contributed by atoms with Crippen LogP contribution in [-0.4, -0.2) is 25.2 Å². The number of nitrogens with zero attached hydrogens (tertiary/aromatic N) is 1. The van der Waals surface area contributed by atoms with Gasteiger partial charge in [0, 0.05) is 30.2 Å². The van der Waals surface area contributed by atoms with Crippen LogP contribution in [0, 0.1) is 0 Å². The van der Waals surface area contributed by atoms with E-state index in [4.69, 9.17) is 0 Å². The van der Waals surface area contributed by atoms with Crippen LogP contribution in [-0.2, 0) is 16.6 Å². The second-order valence-electron chi connectivity index (χ2n) is 7.16. The topological polar surface area (TPSA) is 117 Å². The van der Waals surface area contributed by atoms with Crippen molar-refractivity contribution in [3.8, 4) is 0 Å². The van der Waals surface area contributed by atoms with Gasteiger partial charge in [0.05, 0.1) is 11.3 Å². The van der Waals surface area contributed by atoms with E-state index in [1.165, 1.54) is 30.3 Å². The number of pyridine rings is 1. The van der Waals surface area contributed by atoms with Crippen molar-refractivity contribution in [1.29, 1.82) is 0 Å². The monoisotopic (exact) mass is 492 g/mol. The summed E-state index contributed by atoms with van der Waals surface area (Å²) in [6.45, 7) is 0.303. The molecule has 0 saturated carbocycles. The first-order valence-corrected chi connectivity index (χ1v) is 12.5. The number of nitrogens with one attached hydrogen (secondary N) is 3. The van der Waals surface area contributed by atoms with E-state index in [1.807, 2.05) is 6.07 Å². The van der Waals surface area contributed by atoms with Gasteiger partial charge < -0.3 is 10.6 Å². The number of benzene rings is 2. The summed E-state index contributed by atoms with van der Waals surface area (Å²) in [6.07, 6.45) is 3.32. The van der Waals surface area contributed by atoms with Crippen LogP contribution in [0.5, 0.6) is 0 Å². The average molecular weight is 493 g/mol. The quantitative estimate of drug-likeness (QED) is 0.342. The van der Waals surface area contributed by atoms with Crippen molar-refractivity contribution in [1.82, 2.24) is 10.3 Å². The van der Waals surface area contributed by atoms with Crippen LogP contribution < -0.4 is 15.4 Å². The molecule has 0 aliphatic rings. The number of anilines is 2. The molecule has 34 heavy (non-hydrogen) atoms. The van der Waals surface area contributed by atoms with Crippen LogP contribution in [0.4, 0.5) is 11.4 Å². The van der Waals surface area contributed by atoms with Crippen molar-refractivity contribution in [3.63, 3.8) is 0 Å². The number of rotatable bonds is 8. The number of hydrogen-bond acceptors (Lipinski definition) is 6. The lowest BCUT2D eigenvalue weighted by Gasteiger charge is -2.12. The van der Waals surface area contributed by atoms with Crippen LogP contribution in [0.3, 0.4) is 0 Å². The molecule has 0 aliphatic heterocycles. The molecule has 0 saturated heterocycles. The van der Waals surface area contributed by atoms with Crippen molar-refractivity contribution in [2.45, 2.75) is 10.8 Å². The molecule has 2 heterocycles. The Kier molecular flexibility index (Phi) is 7.00. The smallest absolute Gasteiger partial charge is 0.271 e. The van der Waals surface area contributed by atoms with Gasteiger partial charge in [-0.3, -0.25) is 19.3 Å². The molecule has 0 atom stereocenters. The number of para-hydroxylation sites is 1. The van der Waals surface area contributed by atoms with E-state index in [-0.39, 0.29) is 10.1 Å². The normalized spacial score (nSPS) is 10.9. The van der Waals surface area contributed by atoms with Crippen LogP contribution in [0.15, 0.2) is 94.8 Å². The van der Waals surface area contributed by atoms with E-state index >= 15 is 0 Å². The Morgan fingerprint density at radius 1 is 0.882 bits per heavy atom. The lowest BCUT2D eigenvalue weighted by atomic mass is 10.1. The summed E-state index contributed by atoms with van der Waals surface area (Å²) in [6, 6.07) is 19.5. The van der Waals surface area contributed by atoms with Gasteiger partial charge in [-0.25, -0.2) is 8.42 Å². The number of sulfonamides is 1. The largest absolute Gasteiger partial charge is 0.348 e. The standard InChI is InChI=1S/C24H20N4O4S2/c29-23(18-9-11-19(12-10-18)28-34(31,32)22-8-4-14-33-22)27-21-7-2-1-6-20(21)24(30)26-16-17-5-3-13-25-15-17/h1-15,28H,16H2,(H,26,30)(H,27,29). The van der Waals surface area contributed by atoms with Crippen molar-refractivity contribution >= 4 is 44.5 Å². The van der Waals surface area contributed by atoms with Gasteiger partial charge in [-0.2, -0.15) is 0 Å². The van der Waals surface area contributed by atoms with Gasteiger partial charge >= 0.3 is 0 Å². The van der Waals surface area contributed by atoms with Crippen molar-refractivity contribution in [3.05, 3.63) is 107 Å². The zero-order valence-electron chi connectivity index (χ0n) is 17.8. The van der Waals surface area contributed by atoms with Gasteiger partial charge in [0.25, 0.3) is 21.8 Å². The zero-order chi connectivity index (χ0) is 24.0. The maximum Gasteiger partial charge on any atom is 0.271 e. The summed E-state index contributed by atoms with van der Waals surface area (Å²) in [5.74, 6) is -0.766. The number of carbonyl (C=O) groups is 2. The second kappa shape index (κ2) is 10.3. The third-order valence-corrected chi connectivity index (χ3v) is 7.53. The lowest BCUT2D eigenvalue weighted by molar-refractivity contribution is 0.0951. The van der Waals surface area contributed by atoms with Gasteiger partial charge in [-0.05, 0) is 59.5 Å². The molecule has 4 aromatic rings. The van der Waals surface area contributed by atoms with Crippen LogP contribution in [0.25, 0.3) is 0 Å². The zero-order valence-corrected chi connectivity index (χ0v) is 19.4. The molecule has 2 amide bonds. The van der Waals surface area contributed by atoms with Crippen LogP contribution in [0.2, 0.25) is 0 Å². The molecule has 172 valence electrons. The number of amides is 2. The van der Waals surface area contributed by atoms with E-state index in [9.17, 15) is 18.0 Å². The Morgan fingerprint density at radius 2 is 1.68 bits per heavy atom. The second-order valence-corrected chi connectivity index (χ2v) is 10.0. The predicted octanol–water partition coefficient (Wildman–Crippen LogP) is 4.13. The molecule has 0 radical (unpaired) electrons. The molecule has 2 aromatic carbocycles. The number of carbonyl (C=O) groups excluding carboxylic acids is 2. The molecule has 0 fully saturated rings. The van der Waals surface area contributed by atoms with Crippen LogP contribution >= 0.6 is 11.3 Å². The number of aromatic nitrogens is 1. The highest BCUT2D eigenvalue weighted by Crippen LogP contribution is 2.21. The Labute approximate surface area is 200 Å². The first kappa shape index (κ1) is 23.1. The maximum absolute atomic E-state index is 12.8. The maximum atomic E-state index is 12.8. The molecule has 0 spiro atoms. The Hall–Kier alpha value is -4.02. The average Bonchev–Trinajstić information content (AvgIpc) is 3.40. The third kappa shape index (κ3) is 5.66. The number of hydrogen-bond donors (Lipinski definition) is 3. The van der Waals surface area contributed by atoms with Gasteiger partial charge in [-0.15, -0.1) is 11.3 Å². The van der Waals surface area contributed by atoms with Crippen LogP contribution in [0.1, 0.15) is 26.3 Å². The summed E-state index contributed by atoms with van der Waals surface area (Å²) < 4.78 is 27.4. The highest BCUT2D eigenvalue weighted by molar-refractivity contribution is 7.94. The Bertz CT molecular complexity index is 1390. The first-order chi connectivity index (χ1) is 16.4. The fraction of sp³-hybridized carbons (Fsp3) is 0.0417. The minimum atomic E-state index is -3.67. The molecule has 10 heteroatoms. The van der Waals surface area contributed by atoms with Crippen molar-refractivity contribution in [2.24, 2.45) is 0 Å². The summed E-state index contributed by atoms with van der Waals surface area (Å²) in [4.78, 5) is 29.5. The van der Waals surface area contributed by atoms with Crippen molar-refractivity contribution < 1.29 is 18.0 Å². The van der Waals surface area contributed by atoms with Gasteiger partial charge in [0.2, 0.25) is 0 Å². The molecular formula is C24H20N4O4S2. The fourth-order valence-electron chi connectivity index (χ4n) is 3.08. The molecule has 0 unspecified atom stereocenters. The summed E-state index contributed by atoms with van der Waals surface area (Å²) >= 11 is 1.11. The third-order valence-electron chi connectivity index (χ3n) is 4.75. The summed E-state index contributed by atoms with van der Waals surface area (Å²) in [7, 11) is -3.67. The molecule has 0 bridgehead atoms. The van der Waals surface area contributed by atoms with Gasteiger partial charge in [0.15, 0.2) is 0 Å². The summed E-state index contributed by atoms with van der Waals surface area (Å²) in [5, 5.41) is 7.24. The summed E-state index contributed by atoms with van der Waals surface area (Å²) in [5.41, 5.74) is 2.18. The van der Waals surface area contributed by atoms with E-state index in [0.717, 1.165) is 16.9 Å². The number of thiophene rings is 1. The van der Waals surface area contributed by atoms with E-state index in [0.29, 0.717) is 29.0 Å². The highest BCUT2D eigenvalue weighted by atomic mass is 32.2. The lowest BCUT2D eigenvalue weighted by Crippen LogP contribution is -2.25. The Balaban J connectivity index is 1.42. The highest BCUT2D eigenvalue weighted by Gasteiger charge is 2.17. The predicted molar refractivity (Wildman–Crippen MR) is 131 cm³/mol. The first-order valence-electron chi connectivity index (χ1n) is 10.2. The van der Waals surface area contributed by atoms with E-state index in [1.54, 1.807) is 54.2 Å². The molecular weight excluding hydrogens is 472 g/mol. The fourth-order valence-corrected chi connectivity index (χ4v) is 5.13. The van der Waals surface area contributed by atoms with Gasteiger partial charge in [0.1, 0.15) is 4.21 Å².